The molecule has 0 aliphatic heterocycles. The predicted molar refractivity (Wildman–Crippen MR) is 121 cm³/mol. The van der Waals surface area contributed by atoms with Crippen LogP contribution in [0, 0.1) is 11.3 Å². The van der Waals surface area contributed by atoms with Gasteiger partial charge in [-0.3, -0.25) is 4.99 Å². The molecule has 0 aromatic carbocycles. The standard InChI is InChI=1S/C26H33FN2/c1-25(15-5-3-6-16-25)23-18-19(9-14-24(23)28)22-8-4-7-17-26(22,2)29-21-12-10-20(27)11-13-21/h4-5,7-8,10,12,15,17-18,20,22H,3,6,9,11,13-14,16,28H2,1-2H3. The van der Waals surface area contributed by atoms with Gasteiger partial charge < -0.3 is 5.73 Å². The molecule has 0 amide bonds. The van der Waals surface area contributed by atoms with E-state index in [9.17, 15) is 4.39 Å². The van der Waals surface area contributed by atoms with E-state index < -0.39 is 6.17 Å². The minimum Gasteiger partial charge on any atom is -0.402 e. The first-order valence-corrected chi connectivity index (χ1v) is 11.0. The number of nitrogens with zero attached hydrogens (tertiary/aromatic N) is 1. The van der Waals surface area contributed by atoms with Crippen molar-refractivity contribution in [1.29, 1.82) is 0 Å². The van der Waals surface area contributed by atoms with Crippen LogP contribution in [0.2, 0.25) is 0 Å². The first kappa shape index (κ1) is 20.1. The fourth-order valence-corrected chi connectivity index (χ4v) is 5.19. The van der Waals surface area contributed by atoms with Crippen molar-refractivity contribution >= 4 is 5.71 Å². The monoisotopic (exact) mass is 392 g/mol. The maximum Gasteiger partial charge on any atom is 0.119 e. The molecule has 4 unspecified atom stereocenters. The summed E-state index contributed by atoms with van der Waals surface area (Å²) in [6.45, 7) is 4.52. The number of aliphatic imine (C=N–C) groups is 1. The summed E-state index contributed by atoms with van der Waals surface area (Å²) >= 11 is 0. The van der Waals surface area contributed by atoms with Gasteiger partial charge in [0.2, 0.25) is 0 Å². The Labute approximate surface area is 174 Å². The molecule has 0 bridgehead atoms. The van der Waals surface area contributed by atoms with Crippen LogP contribution in [0.15, 0.2) is 76.5 Å². The quantitative estimate of drug-likeness (QED) is 0.563. The zero-order valence-electron chi connectivity index (χ0n) is 17.7. The molecule has 4 rings (SSSR count). The van der Waals surface area contributed by atoms with Crippen LogP contribution in [0.5, 0.6) is 0 Å². The van der Waals surface area contributed by atoms with Crippen molar-refractivity contribution in [3.05, 3.63) is 71.5 Å². The fraction of sp³-hybridized carbons (Fsp3) is 0.500. The normalized spacial score (nSPS) is 38.6. The molecule has 4 aliphatic carbocycles. The number of rotatable bonds is 3. The molecule has 4 aliphatic rings. The number of nitrogens with two attached hydrogens (primary N) is 1. The van der Waals surface area contributed by atoms with Crippen LogP contribution in [0.3, 0.4) is 0 Å². The van der Waals surface area contributed by atoms with Gasteiger partial charge in [0.25, 0.3) is 0 Å². The lowest BCUT2D eigenvalue weighted by atomic mass is 9.68. The van der Waals surface area contributed by atoms with Crippen LogP contribution in [0.1, 0.15) is 58.8 Å². The second-order valence-corrected chi connectivity index (χ2v) is 9.33. The number of allylic oxidation sites excluding steroid dienone is 9. The van der Waals surface area contributed by atoms with Crippen LogP contribution in [0.4, 0.5) is 4.39 Å². The van der Waals surface area contributed by atoms with Crippen molar-refractivity contribution in [2.45, 2.75) is 70.5 Å². The van der Waals surface area contributed by atoms with Crippen molar-refractivity contribution in [3.63, 3.8) is 0 Å². The van der Waals surface area contributed by atoms with Crippen LogP contribution >= 0.6 is 0 Å². The summed E-state index contributed by atoms with van der Waals surface area (Å²) < 4.78 is 13.5. The second kappa shape index (κ2) is 7.93. The van der Waals surface area contributed by atoms with Crippen molar-refractivity contribution in [3.8, 4) is 0 Å². The average Bonchev–Trinajstić information content (AvgIpc) is 2.71. The number of halogens is 1. The highest BCUT2D eigenvalue weighted by atomic mass is 19.1. The van der Waals surface area contributed by atoms with E-state index in [0.717, 1.165) is 30.7 Å². The molecule has 0 fully saturated rings. The van der Waals surface area contributed by atoms with Gasteiger partial charge in [-0.2, -0.15) is 0 Å². The zero-order chi connectivity index (χ0) is 20.5. The Kier molecular flexibility index (Phi) is 5.50. The zero-order valence-corrected chi connectivity index (χ0v) is 17.7. The summed E-state index contributed by atoms with van der Waals surface area (Å²) in [6, 6.07) is 0. The first-order chi connectivity index (χ1) is 13.9. The van der Waals surface area contributed by atoms with Crippen molar-refractivity contribution in [1.82, 2.24) is 0 Å². The molecule has 3 heteroatoms. The number of hydrogen-bond donors (Lipinski definition) is 1. The third kappa shape index (κ3) is 4.10. The summed E-state index contributed by atoms with van der Waals surface area (Å²) in [4.78, 5) is 5.11. The van der Waals surface area contributed by atoms with Gasteiger partial charge in [0, 0.05) is 22.7 Å². The van der Waals surface area contributed by atoms with E-state index in [1.165, 1.54) is 24.0 Å². The van der Waals surface area contributed by atoms with Gasteiger partial charge in [-0.1, -0.05) is 55.0 Å². The maximum atomic E-state index is 13.5. The Hall–Kier alpha value is -2.16. The summed E-state index contributed by atoms with van der Waals surface area (Å²) in [5, 5.41) is 0. The Balaban J connectivity index is 1.68. The first-order valence-electron chi connectivity index (χ1n) is 11.0. The van der Waals surface area contributed by atoms with Gasteiger partial charge in [-0.05, 0) is 69.6 Å². The third-order valence-corrected chi connectivity index (χ3v) is 6.96. The molecule has 29 heavy (non-hydrogen) atoms. The molecule has 0 saturated carbocycles. The lowest BCUT2D eigenvalue weighted by molar-refractivity contribution is 0.378. The molecule has 4 atom stereocenters. The van der Waals surface area contributed by atoms with Crippen molar-refractivity contribution < 1.29 is 4.39 Å². The minimum atomic E-state index is -0.833. The third-order valence-electron chi connectivity index (χ3n) is 6.96. The molecule has 2 N–H and O–H groups in total. The molecule has 0 aromatic rings. The molecule has 0 radical (unpaired) electrons. The van der Waals surface area contributed by atoms with Gasteiger partial charge in [0.15, 0.2) is 0 Å². The molecule has 0 saturated heterocycles. The van der Waals surface area contributed by atoms with Gasteiger partial charge in [0.1, 0.15) is 6.17 Å². The smallest absolute Gasteiger partial charge is 0.119 e. The van der Waals surface area contributed by atoms with Gasteiger partial charge in [0.05, 0.1) is 5.54 Å². The van der Waals surface area contributed by atoms with Crippen molar-refractivity contribution in [2.24, 2.45) is 22.1 Å². The molecule has 0 heterocycles. The van der Waals surface area contributed by atoms with Crippen LogP contribution in [0.25, 0.3) is 0 Å². The largest absolute Gasteiger partial charge is 0.402 e. The minimum absolute atomic E-state index is 0.0345. The highest BCUT2D eigenvalue weighted by Gasteiger charge is 2.37. The van der Waals surface area contributed by atoms with E-state index in [2.05, 4.69) is 56.4 Å². The number of alkyl halides is 1. The Morgan fingerprint density at radius 3 is 2.69 bits per heavy atom. The second-order valence-electron chi connectivity index (χ2n) is 9.33. The lowest BCUT2D eigenvalue weighted by Gasteiger charge is -2.39. The maximum absolute atomic E-state index is 13.5. The van der Waals surface area contributed by atoms with E-state index >= 15 is 0 Å². The van der Waals surface area contributed by atoms with E-state index in [4.69, 9.17) is 10.7 Å². The molecule has 0 aromatic heterocycles. The van der Waals surface area contributed by atoms with Crippen LogP contribution < -0.4 is 5.73 Å². The summed E-state index contributed by atoms with van der Waals surface area (Å²) in [6.07, 6.45) is 25.1. The molecule has 2 nitrogen and oxygen atoms in total. The van der Waals surface area contributed by atoms with Crippen LogP contribution in [-0.4, -0.2) is 17.4 Å². The highest BCUT2D eigenvalue weighted by molar-refractivity contribution is 5.96. The number of hydrogen-bond acceptors (Lipinski definition) is 2. The van der Waals surface area contributed by atoms with E-state index in [1.807, 2.05) is 6.08 Å². The highest BCUT2D eigenvalue weighted by Crippen LogP contribution is 2.45. The van der Waals surface area contributed by atoms with E-state index in [-0.39, 0.29) is 16.9 Å². The lowest BCUT2D eigenvalue weighted by Crippen LogP contribution is -2.35. The molecular weight excluding hydrogens is 359 g/mol. The topological polar surface area (TPSA) is 38.4 Å². The molecule has 154 valence electrons. The Morgan fingerprint density at radius 1 is 1.10 bits per heavy atom. The van der Waals surface area contributed by atoms with E-state index in [0.29, 0.717) is 12.8 Å². The predicted octanol–water partition coefficient (Wildman–Crippen LogP) is 6.30. The van der Waals surface area contributed by atoms with Crippen LogP contribution in [-0.2, 0) is 0 Å². The van der Waals surface area contributed by atoms with Gasteiger partial charge >= 0.3 is 0 Å². The SMILES string of the molecule is CC1(C2=C(N)CCC(C3C=CC=CC3(C)N=C3C=CC(F)CC3)=C2)C=CCCC1. The van der Waals surface area contributed by atoms with E-state index in [1.54, 1.807) is 6.08 Å². The Bertz CT molecular complexity index is 869. The van der Waals surface area contributed by atoms with Gasteiger partial charge in [-0.15, -0.1) is 0 Å². The van der Waals surface area contributed by atoms with Gasteiger partial charge in [-0.25, -0.2) is 4.39 Å². The summed E-state index contributed by atoms with van der Waals surface area (Å²) in [5.41, 5.74) is 10.9. The molecular formula is C26H33FN2. The summed E-state index contributed by atoms with van der Waals surface area (Å²) in [5.74, 6) is 0.204. The van der Waals surface area contributed by atoms with Crippen molar-refractivity contribution in [2.75, 3.05) is 0 Å². The molecule has 0 spiro atoms. The summed E-state index contributed by atoms with van der Waals surface area (Å²) in [7, 11) is 0. The fourth-order valence-electron chi connectivity index (χ4n) is 5.19. The average molecular weight is 393 g/mol. The Morgan fingerprint density at radius 2 is 1.97 bits per heavy atom.